The lowest BCUT2D eigenvalue weighted by Crippen LogP contribution is -2.24. The number of nitrogens with one attached hydrogen (secondary N) is 1. The van der Waals surface area contributed by atoms with Crippen molar-refractivity contribution in [3.05, 3.63) is 0 Å². The Hall–Kier alpha value is -0.0800. The molecule has 1 N–H and O–H groups in total. The van der Waals surface area contributed by atoms with Crippen molar-refractivity contribution in [2.75, 3.05) is 13.1 Å². The quantitative estimate of drug-likeness (QED) is 0.512. The minimum absolute atomic E-state index is 0.539. The van der Waals surface area contributed by atoms with Crippen LogP contribution < -0.4 is 5.32 Å². The fourth-order valence-corrected chi connectivity index (χ4v) is 1.67. The van der Waals surface area contributed by atoms with Gasteiger partial charge in [0.05, 0.1) is 12.2 Å². The SMILES string of the molecule is C1CC2CCC(CN1)O2. The summed E-state index contributed by atoms with van der Waals surface area (Å²) in [5.74, 6) is 0. The minimum Gasteiger partial charge on any atom is -0.374 e. The summed E-state index contributed by atoms with van der Waals surface area (Å²) in [7, 11) is 0. The van der Waals surface area contributed by atoms with Crippen molar-refractivity contribution in [3.63, 3.8) is 0 Å². The summed E-state index contributed by atoms with van der Waals surface area (Å²) in [6, 6.07) is 0. The van der Waals surface area contributed by atoms with Crippen LogP contribution in [0.3, 0.4) is 0 Å². The van der Waals surface area contributed by atoms with Crippen molar-refractivity contribution in [2.24, 2.45) is 0 Å². The maximum absolute atomic E-state index is 5.66. The molecule has 0 aliphatic carbocycles. The maximum Gasteiger partial charge on any atom is 0.0704 e. The van der Waals surface area contributed by atoms with Gasteiger partial charge in [-0.1, -0.05) is 0 Å². The molecule has 2 atom stereocenters. The second-order valence-corrected chi connectivity index (χ2v) is 2.95. The Kier molecular flexibility index (Phi) is 1.44. The smallest absolute Gasteiger partial charge is 0.0704 e. The van der Waals surface area contributed by atoms with Gasteiger partial charge in [0.15, 0.2) is 0 Å². The lowest BCUT2D eigenvalue weighted by Gasteiger charge is -2.05. The van der Waals surface area contributed by atoms with Crippen LogP contribution in [-0.4, -0.2) is 25.3 Å². The van der Waals surface area contributed by atoms with Gasteiger partial charge in [0.2, 0.25) is 0 Å². The minimum atomic E-state index is 0.539. The van der Waals surface area contributed by atoms with Crippen molar-refractivity contribution in [1.29, 1.82) is 0 Å². The van der Waals surface area contributed by atoms with E-state index in [2.05, 4.69) is 5.32 Å². The zero-order chi connectivity index (χ0) is 6.10. The molecule has 0 aromatic rings. The largest absolute Gasteiger partial charge is 0.374 e. The zero-order valence-corrected chi connectivity index (χ0v) is 5.60. The van der Waals surface area contributed by atoms with Gasteiger partial charge in [-0.05, 0) is 25.8 Å². The summed E-state index contributed by atoms with van der Waals surface area (Å²) in [4.78, 5) is 0. The lowest BCUT2D eigenvalue weighted by atomic mass is 10.1. The van der Waals surface area contributed by atoms with Crippen LogP contribution in [0.1, 0.15) is 19.3 Å². The molecule has 2 fully saturated rings. The van der Waals surface area contributed by atoms with E-state index in [0.717, 1.165) is 13.1 Å². The first-order valence-electron chi connectivity index (χ1n) is 3.81. The van der Waals surface area contributed by atoms with Crippen LogP contribution >= 0.6 is 0 Å². The highest BCUT2D eigenvalue weighted by Gasteiger charge is 2.26. The summed E-state index contributed by atoms with van der Waals surface area (Å²) < 4.78 is 5.66. The van der Waals surface area contributed by atoms with Gasteiger partial charge in [0.1, 0.15) is 0 Å². The van der Waals surface area contributed by atoms with E-state index in [1.165, 1.54) is 19.3 Å². The maximum atomic E-state index is 5.66. The van der Waals surface area contributed by atoms with Gasteiger partial charge in [0.25, 0.3) is 0 Å². The molecule has 2 aliphatic heterocycles. The Morgan fingerprint density at radius 1 is 1.11 bits per heavy atom. The van der Waals surface area contributed by atoms with Gasteiger partial charge < -0.3 is 10.1 Å². The predicted octanol–water partition coefficient (Wildman–Crippen LogP) is 0.527. The summed E-state index contributed by atoms with van der Waals surface area (Å²) in [6.07, 6.45) is 4.92. The summed E-state index contributed by atoms with van der Waals surface area (Å²) in [5, 5.41) is 3.35. The molecule has 2 rings (SSSR count). The van der Waals surface area contributed by atoms with Gasteiger partial charge in [-0.3, -0.25) is 0 Å². The van der Waals surface area contributed by atoms with Gasteiger partial charge in [0, 0.05) is 6.54 Å². The van der Waals surface area contributed by atoms with Gasteiger partial charge in [-0.15, -0.1) is 0 Å². The first-order valence-corrected chi connectivity index (χ1v) is 3.81. The van der Waals surface area contributed by atoms with E-state index < -0.39 is 0 Å². The van der Waals surface area contributed by atoms with Crippen LogP contribution in [0.25, 0.3) is 0 Å². The third-order valence-electron chi connectivity index (χ3n) is 2.21. The molecular formula is C7H13NO. The second-order valence-electron chi connectivity index (χ2n) is 2.95. The Balaban J connectivity index is 1.99. The summed E-state index contributed by atoms with van der Waals surface area (Å²) >= 11 is 0. The molecule has 0 spiro atoms. The molecule has 2 nitrogen and oxygen atoms in total. The Morgan fingerprint density at radius 3 is 3.00 bits per heavy atom. The van der Waals surface area contributed by atoms with E-state index >= 15 is 0 Å². The molecule has 2 bridgehead atoms. The molecule has 2 unspecified atom stereocenters. The molecule has 0 amide bonds. The predicted molar refractivity (Wildman–Crippen MR) is 35.4 cm³/mol. The van der Waals surface area contributed by atoms with E-state index in [9.17, 15) is 0 Å². The number of hydrogen-bond acceptors (Lipinski definition) is 2. The highest BCUT2D eigenvalue weighted by Crippen LogP contribution is 2.22. The third-order valence-corrected chi connectivity index (χ3v) is 2.21. The van der Waals surface area contributed by atoms with E-state index in [1.807, 2.05) is 0 Å². The van der Waals surface area contributed by atoms with Gasteiger partial charge in [-0.2, -0.15) is 0 Å². The van der Waals surface area contributed by atoms with Crippen LogP contribution in [0.5, 0.6) is 0 Å². The fourth-order valence-electron chi connectivity index (χ4n) is 1.67. The molecule has 0 aromatic carbocycles. The first kappa shape index (κ1) is 5.69. The van der Waals surface area contributed by atoms with E-state index in [-0.39, 0.29) is 0 Å². The Bertz CT molecular complexity index is 93.1. The van der Waals surface area contributed by atoms with E-state index in [4.69, 9.17) is 4.74 Å². The highest BCUT2D eigenvalue weighted by atomic mass is 16.5. The second kappa shape index (κ2) is 2.27. The molecule has 2 saturated heterocycles. The molecule has 2 heterocycles. The topological polar surface area (TPSA) is 21.3 Å². The van der Waals surface area contributed by atoms with Crippen LogP contribution in [0.2, 0.25) is 0 Å². The van der Waals surface area contributed by atoms with Crippen LogP contribution in [0.15, 0.2) is 0 Å². The average Bonchev–Trinajstić information content (AvgIpc) is 2.09. The Morgan fingerprint density at radius 2 is 2.00 bits per heavy atom. The van der Waals surface area contributed by atoms with Crippen LogP contribution in [0.4, 0.5) is 0 Å². The van der Waals surface area contributed by atoms with Crippen molar-refractivity contribution >= 4 is 0 Å². The molecule has 2 aliphatic rings. The normalized spacial score (nSPS) is 42.7. The summed E-state index contributed by atoms with van der Waals surface area (Å²) in [6.45, 7) is 2.23. The first-order chi connectivity index (χ1) is 4.45. The van der Waals surface area contributed by atoms with E-state index in [0.29, 0.717) is 12.2 Å². The fraction of sp³-hybridized carbons (Fsp3) is 1.00. The van der Waals surface area contributed by atoms with Crippen molar-refractivity contribution in [1.82, 2.24) is 5.32 Å². The lowest BCUT2D eigenvalue weighted by molar-refractivity contribution is 0.0571. The highest BCUT2D eigenvalue weighted by molar-refractivity contribution is 4.79. The van der Waals surface area contributed by atoms with Crippen LogP contribution in [-0.2, 0) is 4.74 Å². The molecule has 9 heavy (non-hydrogen) atoms. The Labute approximate surface area is 55.6 Å². The monoisotopic (exact) mass is 127 g/mol. The molecule has 2 heteroatoms. The molecule has 0 saturated carbocycles. The number of rotatable bonds is 0. The molecule has 0 radical (unpaired) electrons. The van der Waals surface area contributed by atoms with E-state index in [1.54, 1.807) is 0 Å². The van der Waals surface area contributed by atoms with Gasteiger partial charge >= 0.3 is 0 Å². The van der Waals surface area contributed by atoms with Crippen molar-refractivity contribution in [2.45, 2.75) is 31.5 Å². The van der Waals surface area contributed by atoms with Crippen LogP contribution in [0, 0.1) is 0 Å². The number of hydrogen-bond donors (Lipinski definition) is 1. The average molecular weight is 127 g/mol. The number of fused-ring (bicyclic) bond motifs is 2. The molecular weight excluding hydrogens is 114 g/mol. The standard InChI is InChI=1S/C7H13NO/c1-2-7-5-8-4-3-6(1)9-7/h6-8H,1-5H2. The molecule has 0 aromatic heterocycles. The zero-order valence-electron chi connectivity index (χ0n) is 5.60. The number of ether oxygens (including phenoxy) is 1. The third kappa shape index (κ3) is 1.10. The molecule has 52 valence electrons. The summed E-state index contributed by atoms with van der Waals surface area (Å²) in [5.41, 5.74) is 0. The van der Waals surface area contributed by atoms with Crippen molar-refractivity contribution < 1.29 is 4.74 Å². The van der Waals surface area contributed by atoms with Gasteiger partial charge in [-0.25, -0.2) is 0 Å². The van der Waals surface area contributed by atoms with Crippen molar-refractivity contribution in [3.8, 4) is 0 Å².